The third-order valence-corrected chi connectivity index (χ3v) is 6.99. The van der Waals surface area contributed by atoms with E-state index in [0.29, 0.717) is 32.6 Å². The van der Waals surface area contributed by atoms with Crippen molar-refractivity contribution in [1.82, 2.24) is 15.7 Å². The van der Waals surface area contributed by atoms with Gasteiger partial charge in [0.05, 0.1) is 12.6 Å². The van der Waals surface area contributed by atoms with E-state index in [2.05, 4.69) is 5.32 Å². The molecular formula is C34H43N3O5. The molecule has 0 fully saturated rings. The summed E-state index contributed by atoms with van der Waals surface area (Å²) in [4.78, 5) is 41.0. The first-order valence-corrected chi connectivity index (χ1v) is 14.4. The molecule has 0 saturated heterocycles. The number of hydrogen-bond acceptors (Lipinski definition) is 5. The fourth-order valence-corrected chi connectivity index (χ4v) is 4.94. The second-order valence-corrected chi connectivity index (χ2v) is 11.4. The van der Waals surface area contributed by atoms with E-state index in [1.54, 1.807) is 10.4 Å². The van der Waals surface area contributed by atoms with Gasteiger partial charge >= 0.3 is 0 Å². The topological polar surface area (TPSA) is 108 Å². The number of ether oxygens (including phenoxy) is 1. The van der Waals surface area contributed by atoms with Crippen molar-refractivity contribution in [3.8, 4) is 0 Å². The summed E-state index contributed by atoms with van der Waals surface area (Å²) in [6.45, 7) is 7.14. The number of rotatable bonds is 15. The molecule has 0 aliphatic heterocycles. The van der Waals surface area contributed by atoms with Gasteiger partial charge in [-0.3, -0.25) is 19.6 Å². The smallest absolute Gasteiger partial charge is 0.244 e. The molecule has 0 spiro atoms. The first-order valence-electron chi connectivity index (χ1n) is 14.4. The van der Waals surface area contributed by atoms with E-state index in [1.165, 1.54) is 0 Å². The maximum Gasteiger partial charge on any atom is 0.244 e. The number of carbonyl (C=O) groups excluding carboxylic acids is 3. The molecule has 8 heteroatoms. The molecule has 0 unspecified atom stereocenters. The molecule has 0 saturated carbocycles. The van der Waals surface area contributed by atoms with Crippen molar-refractivity contribution in [2.45, 2.75) is 65.1 Å². The van der Waals surface area contributed by atoms with Crippen molar-refractivity contribution in [2.24, 2.45) is 5.41 Å². The van der Waals surface area contributed by atoms with Gasteiger partial charge in [0.2, 0.25) is 17.7 Å². The van der Waals surface area contributed by atoms with Gasteiger partial charge in [0.15, 0.2) is 0 Å². The number of nitrogens with one attached hydrogen (secondary N) is 2. The molecule has 0 aliphatic carbocycles. The molecule has 0 bridgehead atoms. The van der Waals surface area contributed by atoms with Gasteiger partial charge in [0.1, 0.15) is 6.04 Å². The zero-order valence-electron chi connectivity index (χ0n) is 24.8. The molecule has 0 heterocycles. The number of hydroxylamine groups is 1. The lowest BCUT2D eigenvalue weighted by Crippen LogP contribution is -2.56. The Labute approximate surface area is 249 Å². The van der Waals surface area contributed by atoms with E-state index in [4.69, 9.17) is 9.94 Å². The molecule has 0 radical (unpaired) electrons. The van der Waals surface area contributed by atoms with Crippen LogP contribution in [-0.4, -0.2) is 47.0 Å². The van der Waals surface area contributed by atoms with Crippen LogP contribution in [0.4, 0.5) is 0 Å². The van der Waals surface area contributed by atoms with Crippen molar-refractivity contribution in [3.63, 3.8) is 0 Å². The normalized spacial score (nSPS) is 12.0. The minimum absolute atomic E-state index is 0.127. The first kappa shape index (κ1) is 32.5. The Kier molecular flexibility index (Phi) is 12.7. The van der Waals surface area contributed by atoms with Gasteiger partial charge in [-0.05, 0) is 34.9 Å². The number of carbonyl (C=O) groups is 3. The van der Waals surface area contributed by atoms with Crippen molar-refractivity contribution >= 4 is 17.7 Å². The van der Waals surface area contributed by atoms with Crippen molar-refractivity contribution in [1.29, 1.82) is 0 Å². The Morgan fingerprint density at radius 1 is 0.810 bits per heavy atom. The summed E-state index contributed by atoms with van der Waals surface area (Å²) in [5.74, 6) is -1.25. The average Bonchev–Trinajstić information content (AvgIpc) is 3.00. The van der Waals surface area contributed by atoms with Crippen molar-refractivity contribution in [2.75, 3.05) is 13.2 Å². The van der Waals surface area contributed by atoms with Crippen LogP contribution in [0.1, 0.15) is 69.2 Å². The first-order chi connectivity index (χ1) is 20.2. The predicted molar refractivity (Wildman–Crippen MR) is 162 cm³/mol. The number of unbranched alkanes of at least 4 members (excludes halogenated alkanes) is 1. The summed E-state index contributed by atoms with van der Waals surface area (Å²) in [7, 11) is 0. The SMILES string of the molecule is CC(C)(C)[C@@H](C(=O)NC(c1ccccc1)c1ccccc1)N(CCCCOCc1ccccc1)C(=O)CCC(=O)NO. The van der Waals surface area contributed by atoms with E-state index in [9.17, 15) is 14.4 Å². The van der Waals surface area contributed by atoms with Gasteiger partial charge in [-0.2, -0.15) is 0 Å². The number of hydrogen-bond donors (Lipinski definition) is 3. The summed E-state index contributed by atoms with van der Waals surface area (Å²) in [5, 5.41) is 12.2. The fourth-order valence-electron chi connectivity index (χ4n) is 4.94. The van der Waals surface area contributed by atoms with Crippen LogP contribution < -0.4 is 10.8 Å². The summed E-state index contributed by atoms with van der Waals surface area (Å²) < 4.78 is 5.82. The molecule has 224 valence electrons. The van der Waals surface area contributed by atoms with Gasteiger partial charge in [0, 0.05) is 26.0 Å². The fraction of sp³-hybridized carbons (Fsp3) is 0.382. The van der Waals surface area contributed by atoms with Crippen LogP contribution in [0, 0.1) is 5.41 Å². The maximum atomic E-state index is 14.1. The summed E-state index contributed by atoms with van der Waals surface area (Å²) in [6, 6.07) is 28.2. The largest absolute Gasteiger partial charge is 0.377 e. The second-order valence-electron chi connectivity index (χ2n) is 11.4. The standard InChI is InChI=1S/C34H43N3O5/c1-34(2,3)32(33(40)35-31(27-17-9-5-10-18-27)28-19-11-6-12-20-28)37(30(39)22-21-29(38)36-41)23-13-14-24-42-25-26-15-7-4-8-16-26/h4-12,15-20,31-32,41H,13-14,21-25H2,1-3H3,(H,35,40)(H,36,38)/t32-/m1/s1. The molecule has 3 N–H and O–H groups in total. The minimum atomic E-state index is -0.803. The van der Waals surface area contributed by atoms with Crippen LogP contribution in [0.15, 0.2) is 91.0 Å². The summed E-state index contributed by atoms with van der Waals surface area (Å²) in [6.07, 6.45) is 1.01. The van der Waals surface area contributed by atoms with Crippen LogP contribution in [0.5, 0.6) is 0 Å². The molecule has 3 rings (SSSR count). The summed E-state index contributed by atoms with van der Waals surface area (Å²) in [5.41, 5.74) is 3.91. The lowest BCUT2D eigenvalue weighted by molar-refractivity contribution is -0.146. The molecule has 42 heavy (non-hydrogen) atoms. The van der Waals surface area contributed by atoms with Gasteiger partial charge in [-0.1, -0.05) is 112 Å². The minimum Gasteiger partial charge on any atom is -0.377 e. The average molecular weight is 574 g/mol. The molecule has 0 aromatic heterocycles. The Bertz CT molecular complexity index is 1210. The van der Waals surface area contributed by atoms with E-state index >= 15 is 0 Å². The van der Waals surface area contributed by atoms with E-state index < -0.39 is 23.4 Å². The quantitative estimate of drug-likeness (QED) is 0.128. The summed E-state index contributed by atoms with van der Waals surface area (Å²) >= 11 is 0. The van der Waals surface area contributed by atoms with Crippen LogP contribution in [-0.2, 0) is 25.7 Å². The van der Waals surface area contributed by atoms with Crippen molar-refractivity contribution in [3.05, 3.63) is 108 Å². The van der Waals surface area contributed by atoms with E-state index in [1.807, 2.05) is 112 Å². The highest BCUT2D eigenvalue weighted by Crippen LogP contribution is 2.29. The highest BCUT2D eigenvalue weighted by molar-refractivity contribution is 5.90. The molecule has 1 atom stereocenters. The Morgan fingerprint density at radius 2 is 1.36 bits per heavy atom. The lowest BCUT2D eigenvalue weighted by atomic mass is 9.84. The molecule has 3 aromatic rings. The third kappa shape index (κ3) is 10.1. The Hall–Kier alpha value is -4.01. The molecule has 3 amide bonds. The van der Waals surface area contributed by atoms with Gasteiger partial charge in [-0.15, -0.1) is 0 Å². The van der Waals surface area contributed by atoms with E-state index in [-0.39, 0.29) is 24.7 Å². The second kappa shape index (κ2) is 16.4. The van der Waals surface area contributed by atoms with Gasteiger partial charge in [0.25, 0.3) is 0 Å². The van der Waals surface area contributed by atoms with Crippen molar-refractivity contribution < 1.29 is 24.3 Å². The third-order valence-electron chi connectivity index (χ3n) is 6.99. The van der Waals surface area contributed by atoms with Crippen LogP contribution >= 0.6 is 0 Å². The highest BCUT2D eigenvalue weighted by Gasteiger charge is 2.39. The maximum absolute atomic E-state index is 14.1. The van der Waals surface area contributed by atoms with Crippen LogP contribution in [0.25, 0.3) is 0 Å². The zero-order valence-corrected chi connectivity index (χ0v) is 24.8. The lowest BCUT2D eigenvalue weighted by Gasteiger charge is -2.40. The number of nitrogens with zero attached hydrogens (tertiary/aromatic N) is 1. The molecule has 0 aliphatic rings. The highest BCUT2D eigenvalue weighted by atomic mass is 16.5. The molecule has 8 nitrogen and oxygen atoms in total. The van der Waals surface area contributed by atoms with Crippen LogP contribution in [0.3, 0.4) is 0 Å². The predicted octanol–water partition coefficient (Wildman–Crippen LogP) is 5.42. The van der Waals surface area contributed by atoms with E-state index in [0.717, 1.165) is 16.7 Å². The monoisotopic (exact) mass is 573 g/mol. The van der Waals surface area contributed by atoms with Gasteiger partial charge < -0.3 is 15.0 Å². The Balaban J connectivity index is 1.78. The molecule has 3 aromatic carbocycles. The molecular weight excluding hydrogens is 530 g/mol. The van der Waals surface area contributed by atoms with Crippen LogP contribution in [0.2, 0.25) is 0 Å². The number of benzene rings is 3. The Morgan fingerprint density at radius 3 is 1.88 bits per heavy atom. The zero-order chi connectivity index (χ0) is 30.4. The van der Waals surface area contributed by atoms with Gasteiger partial charge in [-0.25, -0.2) is 5.48 Å². The number of amides is 3.